The number of nitrogens with one attached hydrogen (secondary N) is 2. The van der Waals surface area contributed by atoms with Crippen molar-refractivity contribution < 1.29 is 23.4 Å². The smallest absolute Gasteiger partial charge is 0.404 e. The van der Waals surface area contributed by atoms with E-state index in [-0.39, 0.29) is 23.8 Å². The number of nitrogen functional groups attached to an aromatic ring is 1. The normalized spacial score (nSPS) is 14.8. The number of carboxylic acid groups (broad SMARTS) is 1. The largest absolute Gasteiger partial charge is 0.465 e. The van der Waals surface area contributed by atoms with Gasteiger partial charge in [-0.15, -0.1) is 0 Å². The zero-order valence-electron chi connectivity index (χ0n) is 17.0. The lowest BCUT2D eigenvalue weighted by atomic mass is 10.0. The fraction of sp³-hybridized carbons (Fsp3) is 0.381. The van der Waals surface area contributed by atoms with E-state index in [0.29, 0.717) is 5.69 Å². The van der Waals surface area contributed by atoms with E-state index in [9.17, 15) is 18.3 Å². The molecule has 164 valence electrons. The molecule has 0 saturated carbocycles. The van der Waals surface area contributed by atoms with Crippen molar-refractivity contribution in [2.75, 3.05) is 12.3 Å². The van der Waals surface area contributed by atoms with Crippen molar-refractivity contribution in [3.8, 4) is 0 Å². The quantitative estimate of drug-likeness (QED) is 0.359. The summed E-state index contributed by atoms with van der Waals surface area (Å²) in [6.07, 6.45) is -2.12. The molecule has 9 heteroatoms. The second kappa shape index (κ2) is 10.4. The summed E-state index contributed by atoms with van der Waals surface area (Å²) in [4.78, 5) is 11.3. The highest BCUT2D eigenvalue weighted by Crippen LogP contribution is 2.21. The Kier molecular flexibility index (Phi) is 8.22. The zero-order chi connectivity index (χ0) is 22.3. The molecule has 0 saturated heterocycles. The molecule has 0 fully saturated rings. The molecule has 0 spiro atoms. The number of carbonyl (C=O) groups is 1. The van der Waals surface area contributed by atoms with Gasteiger partial charge in [-0.25, -0.2) is 13.2 Å². The average molecular weight is 436 g/mol. The van der Waals surface area contributed by atoms with Crippen molar-refractivity contribution in [3.63, 3.8) is 0 Å². The highest BCUT2D eigenvalue weighted by Gasteiger charge is 2.31. The standard InChI is InChI=1S/C21H29N3O5S/c1-14(2)20(30(28,29)17-10-8-16(22)9-11-17)23-13-19(25)18(24-21(26)27)12-15-6-4-3-5-7-15/h3-11,14,18-20,23-25H,12-13,22H2,1-2H3,(H,26,27). The maximum Gasteiger partial charge on any atom is 0.404 e. The number of hydrogen-bond acceptors (Lipinski definition) is 6. The Hall–Kier alpha value is -2.62. The van der Waals surface area contributed by atoms with Crippen molar-refractivity contribution in [1.82, 2.24) is 10.6 Å². The Labute approximate surface area is 177 Å². The van der Waals surface area contributed by atoms with Crippen molar-refractivity contribution in [2.45, 2.75) is 42.7 Å². The van der Waals surface area contributed by atoms with Gasteiger partial charge in [0, 0.05) is 12.2 Å². The molecule has 3 unspecified atom stereocenters. The van der Waals surface area contributed by atoms with Crippen molar-refractivity contribution in [2.24, 2.45) is 5.92 Å². The van der Waals surface area contributed by atoms with Gasteiger partial charge in [0.1, 0.15) is 5.37 Å². The minimum Gasteiger partial charge on any atom is -0.465 e. The number of sulfone groups is 1. The topological polar surface area (TPSA) is 142 Å². The molecule has 0 aliphatic heterocycles. The van der Waals surface area contributed by atoms with Gasteiger partial charge in [-0.1, -0.05) is 44.2 Å². The summed E-state index contributed by atoms with van der Waals surface area (Å²) in [6, 6.07) is 14.3. The first kappa shape index (κ1) is 23.7. The Balaban J connectivity index is 2.14. The molecule has 30 heavy (non-hydrogen) atoms. The van der Waals surface area contributed by atoms with E-state index < -0.39 is 33.5 Å². The molecule has 2 aromatic rings. The van der Waals surface area contributed by atoms with E-state index in [0.717, 1.165) is 5.56 Å². The molecule has 2 aromatic carbocycles. The maximum atomic E-state index is 13.0. The fourth-order valence-electron chi connectivity index (χ4n) is 3.20. The third-order valence-electron chi connectivity index (χ3n) is 4.75. The molecular formula is C21H29N3O5S. The van der Waals surface area contributed by atoms with Crippen LogP contribution in [0, 0.1) is 5.92 Å². The summed E-state index contributed by atoms with van der Waals surface area (Å²) in [5.41, 5.74) is 6.95. The van der Waals surface area contributed by atoms with E-state index in [4.69, 9.17) is 10.8 Å². The van der Waals surface area contributed by atoms with Crippen LogP contribution in [0.2, 0.25) is 0 Å². The molecule has 0 heterocycles. The molecule has 0 bridgehead atoms. The number of rotatable bonds is 10. The monoisotopic (exact) mass is 435 g/mol. The molecule has 2 rings (SSSR count). The number of aliphatic hydroxyl groups is 1. The highest BCUT2D eigenvalue weighted by atomic mass is 32.2. The number of hydrogen-bond donors (Lipinski definition) is 5. The lowest BCUT2D eigenvalue weighted by Crippen LogP contribution is -2.51. The highest BCUT2D eigenvalue weighted by molar-refractivity contribution is 7.92. The third-order valence-corrected chi connectivity index (χ3v) is 7.06. The van der Waals surface area contributed by atoms with E-state index in [1.54, 1.807) is 13.8 Å². The Morgan fingerprint density at radius 2 is 1.67 bits per heavy atom. The fourth-order valence-corrected chi connectivity index (χ4v) is 5.04. The second-order valence-corrected chi connectivity index (χ2v) is 9.57. The lowest BCUT2D eigenvalue weighted by molar-refractivity contribution is 0.116. The average Bonchev–Trinajstić information content (AvgIpc) is 2.68. The molecule has 3 atom stereocenters. The maximum absolute atomic E-state index is 13.0. The molecule has 0 aliphatic carbocycles. The van der Waals surface area contributed by atoms with Crippen LogP contribution in [0.4, 0.5) is 10.5 Å². The van der Waals surface area contributed by atoms with Crippen LogP contribution < -0.4 is 16.4 Å². The first-order valence-electron chi connectivity index (χ1n) is 9.65. The van der Waals surface area contributed by atoms with E-state index in [1.807, 2.05) is 30.3 Å². The molecule has 6 N–H and O–H groups in total. The SMILES string of the molecule is CC(C)C(NCC(O)C(Cc1ccccc1)NC(=O)O)S(=O)(=O)c1ccc(N)cc1. The van der Waals surface area contributed by atoms with Gasteiger partial charge >= 0.3 is 6.09 Å². The predicted molar refractivity (Wildman–Crippen MR) is 116 cm³/mol. The van der Waals surface area contributed by atoms with Crippen LogP contribution in [-0.2, 0) is 16.3 Å². The minimum atomic E-state index is -3.73. The van der Waals surface area contributed by atoms with E-state index in [2.05, 4.69) is 10.6 Å². The van der Waals surface area contributed by atoms with Crippen LogP contribution in [0.3, 0.4) is 0 Å². The second-order valence-electron chi connectivity index (χ2n) is 7.50. The van der Waals surface area contributed by atoms with Gasteiger partial charge in [0.15, 0.2) is 9.84 Å². The minimum absolute atomic E-state index is 0.102. The number of aliphatic hydroxyl groups excluding tert-OH is 1. The summed E-state index contributed by atoms with van der Waals surface area (Å²) in [6.45, 7) is 3.42. The Morgan fingerprint density at radius 1 is 1.07 bits per heavy atom. The van der Waals surface area contributed by atoms with Gasteiger partial charge in [0.2, 0.25) is 0 Å². The molecule has 0 aliphatic rings. The van der Waals surface area contributed by atoms with Gasteiger partial charge in [0.25, 0.3) is 0 Å². The Bertz CT molecular complexity index is 917. The predicted octanol–water partition coefficient (Wildman–Crippen LogP) is 1.85. The van der Waals surface area contributed by atoms with Gasteiger partial charge in [-0.3, -0.25) is 5.32 Å². The van der Waals surface area contributed by atoms with Gasteiger partial charge in [-0.2, -0.15) is 0 Å². The number of amides is 1. The van der Waals surface area contributed by atoms with E-state index >= 15 is 0 Å². The van der Waals surface area contributed by atoms with Crippen LogP contribution in [0.5, 0.6) is 0 Å². The third kappa shape index (κ3) is 6.45. The van der Waals surface area contributed by atoms with Crippen LogP contribution >= 0.6 is 0 Å². The van der Waals surface area contributed by atoms with Gasteiger partial charge in [-0.05, 0) is 42.2 Å². The summed E-state index contributed by atoms with van der Waals surface area (Å²) < 4.78 is 26.1. The van der Waals surface area contributed by atoms with Crippen molar-refractivity contribution >= 4 is 21.6 Å². The summed E-state index contributed by atoms with van der Waals surface area (Å²) in [5.74, 6) is -0.292. The summed E-state index contributed by atoms with van der Waals surface area (Å²) in [5, 5.41) is 24.0. The number of anilines is 1. The van der Waals surface area contributed by atoms with E-state index in [1.165, 1.54) is 24.3 Å². The molecule has 1 amide bonds. The molecule has 8 nitrogen and oxygen atoms in total. The number of benzene rings is 2. The Morgan fingerprint density at radius 3 is 2.20 bits per heavy atom. The van der Waals surface area contributed by atoms with Crippen molar-refractivity contribution in [3.05, 3.63) is 60.2 Å². The molecule has 0 aromatic heterocycles. The first-order valence-corrected chi connectivity index (χ1v) is 11.2. The van der Waals surface area contributed by atoms with Crippen molar-refractivity contribution in [1.29, 1.82) is 0 Å². The van der Waals surface area contributed by atoms with Gasteiger partial charge in [0.05, 0.1) is 17.0 Å². The van der Waals surface area contributed by atoms with Crippen LogP contribution in [0.1, 0.15) is 19.4 Å². The molecule has 0 radical (unpaired) electrons. The van der Waals surface area contributed by atoms with Crippen LogP contribution in [0.25, 0.3) is 0 Å². The zero-order valence-corrected chi connectivity index (χ0v) is 17.8. The number of nitrogens with two attached hydrogens (primary N) is 1. The van der Waals surface area contributed by atoms with Gasteiger partial charge < -0.3 is 21.3 Å². The summed E-state index contributed by atoms with van der Waals surface area (Å²) in [7, 11) is -3.73. The lowest BCUT2D eigenvalue weighted by Gasteiger charge is -2.27. The van der Waals surface area contributed by atoms with Crippen LogP contribution in [0.15, 0.2) is 59.5 Å². The first-order chi connectivity index (χ1) is 14.1. The van der Waals surface area contributed by atoms with Crippen LogP contribution in [-0.4, -0.2) is 48.8 Å². The molecular weight excluding hydrogens is 406 g/mol. The summed E-state index contributed by atoms with van der Waals surface area (Å²) >= 11 is 0.